The van der Waals surface area contributed by atoms with Crippen molar-refractivity contribution in [2.24, 2.45) is 0 Å². The first-order valence-corrected chi connectivity index (χ1v) is 11.7. The topological polar surface area (TPSA) is 62.1 Å². The second-order valence-electron chi connectivity index (χ2n) is 8.62. The molecule has 0 saturated carbocycles. The van der Waals surface area contributed by atoms with Gasteiger partial charge >= 0.3 is 0 Å². The minimum absolute atomic E-state index is 0.0171. The van der Waals surface area contributed by atoms with Gasteiger partial charge in [0.15, 0.2) is 0 Å². The molecule has 0 fully saturated rings. The van der Waals surface area contributed by atoms with Crippen LogP contribution in [0.15, 0.2) is 84.4 Å². The zero-order valence-corrected chi connectivity index (χ0v) is 20.3. The number of hydrogen-bond acceptors (Lipinski definition) is 3. The van der Waals surface area contributed by atoms with Crippen LogP contribution in [-0.2, 0) is 17.8 Å². The highest BCUT2D eigenvalue weighted by Gasteiger charge is 2.15. The molecule has 0 aliphatic carbocycles. The summed E-state index contributed by atoms with van der Waals surface area (Å²) in [5.41, 5.74) is 5.88. The molecule has 4 aromatic carbocycles. The van der Waals surface area contributed by atoms with Crippen LogP contribution in [0.5, 0.6) is 5.75 Å². The van der Waals surface area contributed by atoms with Crippen molar-refractivity contribution in [3.63, 3.8) is 0 Å². The summed E-state index contributed by atoms with van der Waals surface area (Å²) >= 11 is 0. The number of fused-ring (bicyclic) bond motifs is 1. The fraction of sp³-hybridized carbons (Fsp3) is 0.161. The highest BCUT2D eigenvalue weighted by atomic mass is 16.5. The minimum atomic E-state index is -0.443. The molecule has 4 rings (SSSR count). The van der Waals surface area contributed by atoms with E-state index in [2.05, 4.69) is 43.4 Å². The van der Waals surface area contributed by atoms with Gasteiger partial charge < -0.3 is 10.1 Å². The van der Waals surface area contributed by atoms with Crippen LogP contribution >= 0.6 is 0 Å². The van der Waals surface area contributed by atoms with E-state index in [1.807, 2.05) is 67.6 Å². The van der Waals surface area contributed by atoms with Crippen LogP contribution in [0.25, 0.3) is 16.8 Å². The fourth-order valence-corrected chi connectivity index (χ4v) is 4.30. The molecule has 4 heteroatoms. The predicted molar refractivity (Wildman–Crippen MR) is 142 cm³/mol. The SMILES string of the molecule is CCc1ccccc1NC(=O)/C(C#N)=C/c1c(OCc2cc(C)cc(C)c2)ccc2ccccc12. The molecule has 174 valence electrons. The van der Waals surface area contributed by atoms with Crippen LogP contribution in [0.2, 0.25) is 0 Å². The van der Waals surface area contributed by atoms with Crippen molar-refractivity contribution in [1.29, 1.82) is 5.26 Å². The van der Waals surface area contributed by atoms with Crippen molar-refractivity contribution < 1.29 is 9.53 Å². The molecule has 4 aromatic rings. The van der Waals surface area contributed by atoms with Gasteiger partial charge in [0.25, 0.3) is 5.91 Å². The van der Waals surface area contributed by atoms with E-state index in [9.17, 15) is 10.1 Å². The Hall–Kier alpha value is -4.36. The van der Waals surface area contributed by atoms with Crippen LogP contribution in [0, 0.1) is 25.2 Å². The molecule has 0 aliphatic rings. The van der Waals surface area contributed by atoms with E-state index >= 15 is 0 Å². The molecule has 0 radical (unpaired) electrons. The smallest absolute Gasteiger partial charge is 0.266 e. The Morgan fingerprint density at radius 3 is 2.43 bits per heavy atom. The molecular weight excluding hydrogens is 432 g/mol. The molecular formula is C31H28N2O2. The second kappa shape index (κ2) is 10.7. The zero-order chi connectivity index (χ0) is 24.8. The van der Waals surface area contributed by atoms with Crippen molar-refractivity contribution >= 4 is 28.4 Å². The normalized spacial score (nSPS) is 11.2. The van der Waals surface area contributed by atoms with E-state index in [1.54, 1.807) is 6.08 Å². The van der Waals surface area contributed by atoms with Gasteiger partial charge in [-0.15, -0.1) is 0 Å². The number of ether oxygens (including phenoxy) is 1. The maximum atomic E-state index is 13.1. The quantitative estimate of drug-likeness (QED) is 0.235. The van der Waals surface area contributed by atoms with Gasteiger partial charge in [0.2, 0.25) is 0 Å². The van der Waals surface area contributed by atoms with E-state index < -0.39 is 5.91 Å². The lowest BCUT2D eigenvalue weighted by atomic mass is 10.0. The standard InChI is InChI=1S/C31H28N2O2/c1-4-24-9-6-8-12-29(24)33-31(34)26(19-32)18-28-27-11-7-5-10-25(27)13-14-30(28)35-20-23-16-21(2)15-22(3)17-23/h5-18H,4,20H2,1-3H3,(H,33,34)/b26-18+. The number of rotatable bonds is 7. The molecule has 0 aromatic heterocycles. The van der Waals surface area contributed by atoms with Gasteiger partial charge in [-0.3, -0.25) is 4.79 Å². The van der Waals surface area contributed by atoms with Gasteiger partial charge in [0.1, 0.15) is 24.0 Å². The van der Waals surface area contributed by atoms with E-state index in [0.29, 0.717) is 23.6 Å². The Bertz CT molecular complexity index is 1440. The summed E-state index contributed by atoms with van der Waals surface area (Å²) in [5.74, 6) is 0.180. The van der Waals surface area contributed by atoms with Crippen LogP contribution in [0.1, 0.15) is 34.7 Å². The summed E-state index contributed by atoms with van der Waals surface area (Å²) in [6, 6.07) is 27.8. The zero-order valence-electron chi connectivity index (χ0n) is 20.3. The third-order valence-corrected chi connectivity index (χ3v) is 5.91. The number of aryl methyl sites for hydroxylation is 3. The molecule has 0 heterocycles. The average molecular weight is 461 g/mol. The average Bonchev–Trinajstić information content (AvgIpc) is 2.86. The second-order valence-corrected chi connectivity index (χ2v) is 8.62. The van der Waals surface area contributed by atoms with Gasteiger partial charge in [-0.1, -0.05) is 84.8 Å². The van der Waals surface area contributed by atoms with Crippen LogP contribution < -0.4 is 10.1 Å². The van der Waals surface area contributed by atoms with Gasteiger partial charge in [0, 0.05) is 11.3 Å². The van der Waals surface area contributed by atoms with Gasteiger partial charge in [-0.2, -0.15) is 5.26 Å². The molecule has 1 amide bonds. The molecule has 4 nitrogen and oxygen atoms in total. The Balaban J connectivity index is 1.71. The lowest BCUT2D eigenvalue weighted by molar-refractivity contribution is -0.112. The highest BCUT2D eigenvalue weighted by molar-refractivity contribution is 6.11. The summed E-state index contributed by atoms with van der Waals surface area (Å²) in [5, 5.41) is 14.7. The molecule has 0 saturated heterocycles. The monoisotopic (exact) mass is 460 g/mol. The molecule has 0 spiro atoms. The number of amides is 1. The number of nitrogens with one attached hydrogen (secondary N) is 1. The number of nitriles is 1. The van der Waals surface area contributed by atoms with Crippen LogP contribution in [0.4, 0.5) is 5.69 Å². The first kappa shape index (κ1) is 23.8. The number of carbonyl (C=O) groups excluding carboxylic acids is 1. The Kier molecular flexibility index (Phi) is 7.28. The number of anilines is 1. The number of carbonyl (C=O) groups is 1. The molecule has 0 aliphatic heterocycles. The molecule has 0 atom stereocenters. The number of hydrogen-bond donors (Lipinski definition) is 1. The number of para-hydroxylation sites is 1. The maximum Gasteiger partial charge on any atom is 0.266 e. The largest absolute Gasteiger partial charge is 0.488 e. The van der Waals surface area contributed by atoms with Crippen molar-refractivity contribution in [2.45, 2.75) is 33.8 Å². The maximum absolute atomic E-state index is 13.1. The predicted octanol–water partition coefficient (Wildman–Crippen LogP) is 7.14. The Morgan fingerprint density at radius 1 is 0.971 bits per heavy atom. The summed E-state index contributed by atoms with van der Waals surface area (Å²) in [6.45, 7) is 6.55. The van der Waals surface area contributed by atoms with E-state index in [1.165, 1.54) is 11.1 Å². The summed E-state index contributed by atoms with van der Waals surface area (Å²) in [6.07, 6.45) is 2.41. The minimum Gasteiger partial charge on any atom is -0.488 e. The van der Waals surface area contributed by atoms with Crippen molar-refractivity contribution in [3.05, 3.63) is 112 Å². The van der Waals surface area contributed by atoms with E-state index in [-0.39, 0.29) is 5.57 Å². The highest BCUT2D eigenvalue weighted by Crippen LogP contribution is 2.31. The number of nitrogens with zero attached hydrogens (tertiary/aromatic N) is 1. The van der Waals surface area contributed by atoms with Crippen LogP contribution in [0.3, 0.4) is 0 Å². The van der Waals surface area contributed by atoms with Crippen LogP contribution in [-0.4, -0.2) is 5.91 Å². The fourth-order valence-electron chi connectivity index (χ4n) is 4.30. The first-order valence-electron chi connectivity index (χ1n) is 11.7. The van der Waals surface area contributed by atoms with Crippen molar-refractivity contribution in [3.8, 4) is 11.8 Å². The van der Waals surface area contributed by atoms with Gasteiger partial charge in [-0.05, 0) is 60.4 Å². The first-order chi connectivity index (χ1) is 17.0. The third kappa shape index (κ3) is 5.59. The van der Waals surface area contributed by atoms with Gasteiger partial charge in [0.05, 0.1) is 0 Å². The Labute approximate surface area is 206 Å². The van der Waals surface area contributed by atoms with E-state index in [4.69, 9.17) is 4.74 Å². The summed E-state index contributed by atoms with van der Waals surface area (Å²) in [7, 11) is 0. The molecule has 0 unspecified atom stereocenters. The number of benzene rings is 4. The lowest BCUT2D eigenvalue weighted by Crippen LogP contribution is -2.14. The van der Waals surface area contributed by atoms with Gasteiger partial charge in [-0.25, -0.2) is 0 Å². The summed E-state index contributed by atoms with van der Waals surface area (Å²) < 4.78 is 6.24. The summed E-state index contributed by atoms with van der Waals surface area (Å²) in [4.78, 5) is 13.1. The molecule has 0 bridgehead atoms. The van der Waals surface area contributed by atoms with E-state index in [0.717, 1.165) is 28.3 Å². The molecule has 1 N–H and O–H groups in total. The third-order valence-electron chi connectivity index (χ3n) is 5.91. The van der Waals surface area contributed by atoms with Crippen molar-refractivity contribution in [2.75, 3.05) is 5.32 Å². The van der Waals surface area contributed by atoms with Crippen molar-refractivity contribution in [1.82, 2.24) is 0 Å². The Morgan fingerprint density at radius 2 is 1.69 bits per heavy atom. The lowest BCUT2D eigenvalue weighted by Gasteiger charge is -2.14. The molecule has 35 heavy (non-hydrogen) atoms.